The number of hydrogen-bond acceptors (Lipinski definition) is 5. The summed E-state index contributed by atoms with van der Waals surface area (Å²) in [5, 5.41) is 14.2. The molecule has 1 atom stereocenters. The highest BCUT2D eigenvalue weighted by Gasteiger charge is 2.33. The number of rotatable bonds is 7. The predicted molar refractivity (Wildman–Crippen MR) is 146 cm³/mol. The molecule has 200 valence electrons. The number of benzene rings is 2. The zero-order valence-electron chi connectivity index (χ0n) is 21.2. The largest absolute Gasteiger partial charge is 0.504 e. The molecule has 1 aliphatic heterocycles. The van der Waals surface area contributed by atoms with E-state index in [0.717, 1.165) is 73.8 Å². The van der Waals surface area contributed by atoms with Crippen molar-refractivity contribution >= 4 is 34.0 Å². The monoisotopic (exact) mass is 539 g/mol. The van der Waals surface area contributed by atoms with Crippen molar-refractivity contribution in [2.75, 3.05) is 25.0 Å². The molecule has 0 amide bonds. The molecule has 2 aliphatic carbocycles. The average Bonchev–Trinajstić information content (AvgIpc) is 3.69. The van der Waals surface area contributed by atoms with E-state index < -0.39 is 17.7 Å². The van der Waals surface area contributed by atoms with Crippen molar-refractivity contribution in [3.05, 3.63) is 52.9 Å². The number of halogens is 3. The van der Waals surface area contributed by atoms with Crippen molar-refractivity contribution < 1.29 is 18.7 Å². The summed E-state index contributed by atoms with van der Waals surface area (Å²) in [6.07, 6.45) is 7.56. The molecule has 1 saturated heterocycles. The van der Waals surface area contributed by atoms with Crippen molar-refractivity contribution in [3.8, 4) is 16.9 Å². The number of fused-ring (bicyclic) bond motifs is 1. The molecule has 2 heterocycles. The fourth-order valence-corrected chi connectivity index (χ4v) is 6.23. The van der Waals surface area contributed by atoms with E-state index in [2.05, 4.69) is 15.2 Å². The number of likely N-dealkylation sites (tertiary alicyclic amines) is 1. The summed E-state index contributed by atoms with van der Waals surface area (Å²) < 4.78 is 27.8. The maximum Gasteiger partial charge on any atom is 0.170 e. The van der Waals surface area contributed by atoms with E-state index in [1.807, 2.05) is 18.2 Å². The van der Waals surface area contributed by atoms with Crippen LogP contribution in [0.5, 0.6) is 5.75 Å². The van der Waals surface area contributed by atoms with E-state index >= 15 is 0 Å². The van der Waals surface area contributed by atoms with E-state index in [9.17, 15) is 18.7 Å². The molecule has 2 saturated carbocycles. The Hall–Kier alpha value is -2.77. The third kappa shape index (κ3) is 5.23. The fraction of sp³-hybridized carbons (Fsp3) is 0.467. The second kappa shape index (κ2) is 10.4. The van der Waals surface area contributed by atoms with Gasteiger partial charge in [-0.15, -0.1) is 0 Å². The minimum atomic E-state index is -0.783. The van der Waals surface area contributed by atoms with Crippen LogP contribution in [0.2, 0.25) is 5.02 Å². The molecule has 3 fully saturated rings. The lowest BCUT2D eigenvalue weighted by Crippen LogP contribution is -2.33. The standard InChI is InChI=1S/C30H32ClF2N3O2/c31-25-12-20(13-26(33)30(25)38)19-5-8-27-23(11-19)28(24(14-34-27)29(37)18-3-4-18)35-22-6-1-17(2-7-22)15-36-10-9-21(32)16-36/h5,8,11-14,17-18,21-22,38H,1-4,6-7,9-10,15-16H2,(H,34,35)/t17-,21-,22-/m1/s1. The summed E-state index contributed by atoms with van der Waals surface area (Å²) in [7, 11) is 0. The van der Waals surface area contributed by atoms with Gasteiger partial charge in [0.2, 0.25) is 0 Å². The quantitative estimate of drug-likeness (QED) is 0.316. The van der Waals surface area contributed by atoms with Gasteiger partial charge in [-0.05, 0) is 86.3 Å². The van der Waals surface area contributed by atoms with Crippen LogP contribution in [0.4, 0.5) is 14.5 Å². The Morgan fingerprint density at radius 2 is 1.87 bits per heavy atom. The van der Waals surface area contributed by atoms with Gasteiger partial charge in [0.05, 0.1) is 21.8 Å². The van der Waals surface area contributed by atoms with Crippen LogP contribution < -0.4 is 5.32 Å². The molecular weight excluding hydrogens is 508 g/mol. The highest BCUT2D eigenvalue weighted by atomic mass is 35.5. The first-order valence-electron chi connectivity index (χ1n) is 13.6. The first-order valence-corrected chi connectivity index (χ1v) is 14.0. The van der Waals surface area contributed by atoms with E-state index in [1.54, 1.807) is 6.20 Å². The molecule has 2 aromatic carbocycles. The number of nitrogens with one attached hydrogen (secondary N) is 1. The minimum absolute atomic E-state index is 0.0537. The molecular formula is C30H32ClF2N3O2. The first kappa shape index (κ1) is 25.5. The summed E-state index contributed by atoms with van der Waals surface area (Å²) >= 11 is 6.05. The smallest absolute Gasteiger partial charge is 0.170 e. The van der Waals surface area contributed by atoms with Gasteiger partial charge in [0.1, 0.15) is 6.17 Å². The number of alkyl halides is 1. The molecule has 6 rings (SSSR count). The molecule has 5 nitrogen and oxygen atoms in total. The third-order valence-corrected chi connectivity index (χ3v) is 8.65. The number of pyridine rings is 1. The second-order valence-electron chi connectivity index (χ2n) is 11.2. The zero-order chi connectivity index (χ0) is 26.4. The number of aromatic nitrogens is 1. The van der Waals surface area contributed by atoms with Crippen LogP contribution >= 0.6 is 11.6 Å². The SMILES string of the molecule is O=C(c1cnc2ccc(-c3cc(F)c(O)c(Cl)c3)cc2c1N[C@H]1CC[C@H](CN2CC[C@@H](F)C2)CC1)C1CC1. The molecule has 38 heavy (non-hydrogen) atoms. The van der Waals surface area contributed by atoms with Gasteiger partial charge in [-0.1, -0.05) is 17.7 Å². The summed E-state index contributed by atoms with van der Waals surface area (Å²) in [4.78, 5) is 20.1. The Morgan fingerprint density at radius 1 is 1.08 bits per heavy atom. The summed E-state index contributed by atoms with van der Waals surface area (Å²) in [6, 6.07) is 8.64. The molecule has 2 N–H and O–H groups in total. The van der Waals surface area contributed by atoms with E-state index in [4.69, 9.17) is 11.6 Å². The van der Waals surface area contributed by atoms with Gasteiger partial charge in [-0.3, -0.25) is 9.78 Å². The minimum Gasteiger partial charge on any atom is -0.504 e. The lowest BCUT2D eigenvalue weighted by molar-refractivity contribution is 0.0968. The lowest BCUT2D eigenvalue weighted by atomic mass is 9.85. The molecule has 0 radical (unpaired) electrons. The Labute approximate surface area is 226 Å². The van der Waals surface area contributed by atoms with Crippen LogP contribution in [0.25, 0.3) is 22.0 Å². The van der Waals surface area contributed by atoms with Gasteiger partial charge in [-0.2, -0.15) is 0 Å². The Kier molecular flexibility index (Phi) is 6.99. The number of nitrogens with zero attached hydrogens (tertiary/aromatic N) is 2. The maximum absolute atomic E-state index is 14.2. The van der Waals surface area contributed by atoms with Crippen LogP contribution in [-0.4, -0.2) is 52.6 Å². The first-order chi connectivity index (χ1) is 18.4. The van der Waals surface area contributed by atoms with Gasteiger partial charge in [0.25, 0.3) is 0 Å². The number of Topliss-reactive ketones (excluding diaryl/α,β-unsaturated/α-hetero) is 1. The number of phenols is 1. The van der Waals surface area contributed by atoms with Gasteiger partial charge in [0, 0.05) is 43.2 Å². The van der Waals surface area contributed by atoms with E-state index in [-0.39, 0.29) is 22.8 Å². The number of anilines is 1. The van der Waals surface area contributed by atoms with Crippen molar-refractivity contribution in [2.45, 2.75) is 57.2 Å². The second-order valence-corrected chi connectivity index (χ2v) is 11.6. The molecule has 8 heteroatoms. The zero-order valence-corrected chi connectivity index (χ0v) is 22.0. The fourth-order valence-electron chi connectivity index (χ4n) is 6.02. The average molecular weight is 540 g/mol. The van der Waals surface area contributed by atoms with Crippen LogP contribution in [0.1, 0.15) is 55.3 Å². The summed E-state index contributed by atoms with van der Waals surface area (Å²) in [5.41, 5.74) is 3.41. The highest BCUT2D eigenvalue weighted by molar-refractivity contribution is 6.32. The normalized spacial score (nSPS) is 24.1. The predicted octanol–water partition coefficient (Wildman–Crippen LogP) is 7.01. The third-order valence-electron chi connectivity index (χ3n) is 8.36. The van der Waals surface area contributed by atoms with Crippen molar-refractivity contribution in [1.29, 1.82) is 0 Å². The molecule has 3 aromatic rings. The highest BCUT2D eigenvalue weighted by Crippen LogP contribution is 2.40. The van der Waals surface area contributed by atoms with Gasteiger partial charge in [0.15, 0.2) is 17.3 Å². The van der Waals surface area contributed by atoms with Crippen molar-refractivity contribution in [3.63, 3.8) is 0 Å². The number of carbonyl (C=O) groups excluding carboxylic acids is 1. The maximum atomic E-state index is 14.2. The molecule has 0 spiro atoms. The van der Waals surface area contributed by atoms with Gasteiger partial charge in [-0.25, -0.2) is 8.78 Å². The Bertz CT molecular complexity index is 1350. The lowest BCUT2D eigenvalue weighted by Gasteiger charge is -2.32. The van der Waals surface area contributed by atoms with Crippen LogP contribution in [0.3, 0.4) is 0 Å². The van der Waals surface area contributed by atoms with Crippen LogP contribution in [0.15, 0.2) is 36.5 Å². The number of ketones is 1. The topological polar surface area (TPSA) is 65.5 Å². The Morgan fingerprint density at radius 3 is 2.55 bits per heavy atom. The van der Waals surface area contributed by atoms with Crippen molar-refractivity contribution in [1.82, 2.24) is 9.88 Å². The number of hydrogen-bond donors (Lipinski definition) is 2. The Balaban J connectivity index is 1.28. The summed E-state index contributed by atoms with van der Waals surface area (Å²) in [5.74, 6) is -0.606. The van der Waals surface area contributed by atoms with Crippen LogP contribution in [0, 0.1) is 17.7 Å². The van der Waals surface area contributed by atoms with Crippen molar-refractivity contribution in [2.24, 2.45) is 11.8 Å². The van der Waals surface area contributed by atoms with E-state index in [1.165, 1.54) is 12.1 Å². The van der Waals surface area contributed by atoms with E-state index in [0.29, 0.717) is 30.0 Å². The van der Waals surface area contributed by atoms with Gasteiger partial charge < -0.3 is 15.3 Å². The molecule has 3 aliphatic rings. The molecule has 1 aromatic heterocycles. The van der Waals surface area contributed by atoms with Crippen LogP contribution in [-0.2, 0) is 0 Å². The summed E-state index contributed by atoms with van der Waals surface area (Å²) in [6.45, 7) is 2.38. The molecule has 0 bridgehead atoms. The number of phenolic OH excluding ortho intramolecular Hbond substituents is 1. The van der Waals surface area contributed by atoms with Gasteiger partial charge >= 0.3 is 0 Å². The number of aromatic hydroxyl groups is 1. The molecule has 0 unspecified atom stereocenters. The number of carbonyl (C=O) groups is 1.